The van der Waals surface area contributed by atoms with Crippen LogP contribution in [0.4, 0.5) is 5.69 Å². The van der Waals surface area contributed by atoms with Crippen LogP contribution < -0.4 is 5.73 Å². The number of hydrogen-bond acceptors (Lipinski definition) is 4. The lowest BCUT2D eigenvalue weighted by Gasteiger charge is -2.11. The Kier molecular flexibility index (Phi) is 4.28. The van der Waals surface area contributed by atoms with Gasteiger partial charge in [-0.15, -0.1) is 0 Å². The van der Waals surface area contributed by atoms with E-state index in [0.717, 1.165) is 22.1 Å². The van der Waals surface area contributed by atoms with Crippen molar-refractivity contribution in [3.63, 3.8) is 0 Å². The Balaban J connectivity index is 2.35. The van der Waals surface area contributed by atoms with E-state index in [0.29, 0.717) is 11.2 Å². The summed E-state index contributed by atoms with van der Waals surface area (Å²) >= 11 is 11.4. The van der Waals surface area contributed by atoms with Crippen molar-refractivity contribution < 1.29 is 4.79 Å². The SMILES string of the molecule is Nc1cccc(-c2c(/C=C/C(=O)Cl)ccc3cnc(Cl)nc23)c1. The van der Waals surface area contributed by atoms with Gasteiger partial charge in [0.1, 0.15) is 0 Å². The highest BCUT2D eigenvalue weighted by atomic mass is 35.5. The van der Waals surface area contributed by atoms with E-state index >= 15 is 0 Å². The second-order valence-corrected chi connectivity index (χ2v) is 5.58. The largest absolute Gasteiger partial charge is 0.399 e. The molecule has 0 aliphatic carbocycles. The minimum Gasteiger partial charge on any atom is -0.399 e. The smallest absolute Gasteiger partial charge is 0.245 e. The molecule has 4 nitrogen and oxygen atoms in total. The Bertz CT molecular complexity index is 938. The van der Waals surface area contributed by atoms with Crippen LogP contribution in [0.15, 0.2) is 48.7 Å². The number of rotatable bonds is 3. The number of hydrogen-bond donors (Lipinski definition) is 1. The van der Waals surface area contributed by atoms with Gasteiger partial charge in [0.05, 0.1) is 5.52 Å². The number of nitrogens with zero attached hydrogens (tertiary/aromatic N) is 2. The van der Waals surface area contributed by atoms with E-state index in [1.54, 1.807) is 18.3 Å². The van der Waals surface area contributed by atoms with Gasteiger partial charge < -0.3 is 5.73 Å². The maximum Gasteiger partial charge on any atom is 0.245 e. The van der Waals surface area contributed by atoms with E-state index in [-0.39, 0.29) is 5.28 Å². The number of halogens is 2. The lowest BCUT2D eigenvalue weighted by atomic mass is 9.96. The number of nitrogens with two attached hydrogens (primary N) is 1. The molecule has 0 atom stereocenters. The third-order valence-corrected chi connectivity index (χ3v) is 3.63. The number of benzene rings is 2. The van der Waals surface area contributed by atoms with E-state index in [2.05, 4.69) is 9.97 Å². The van der Waals surface area contributed by atoms with Crippen LogP contribution in [-0.4, -0.2) is 15.2 Å². The summed E-state index contributed by atoms with van der Waals surface area (Å²) in [7, 11) is 0. The molecule has 3 aromatic rings. The third kappa shape index (κ3) is 3.33. The van der Waals surface area contributed by atoms with Crippen LogP contribution in [0, 0.1) is 0 Å². The van der Waals surface area contributed by atoms with E-state index in [4.69, 9.17) is 28.9 Å². The molecular weight excluding hydrogens is 333 g/mol. The number of fused-ring (bicyclic) bond motifs is 1. The first-order valence-corrected chi connectivity index (χ1v) is 7.49. The van der Waals surface area contributed by atoms with Gasteiger partial charge in [-0.3, -0.25) is 4.79 Å². The highest BCUT2D eigenvalue weighted by Crippen LogP contribution is 2.33. The fourth-order valence-electron chi connectivity index (χ4n) is 2.38. The molecule has 2 aromatic carbocycles. The lowest BCUT2D eigenvalue weighted by molar-refractivity contribution is -0.107. The third-order valence-electron chi connectivity index (χ3n) is 3.32. The van der Waals surface area contributed by atoms with Crippen molar-refractivity contribution >= 4 is 51.1 Å². The van der Waals surface area contributed by atoms with Crippen LogP contribution in [0.5, 0.6) is 0 Å². The zero-order valence-corrected chi connectivity index (χ0v) is 13.3. The monoisotopic (exact) mass is 343 g/mol. The molecule has 0 aliphatic heterocycles. The zero-order chi connectivity index (χ0) is 16.4. The molecule has 1 heterocycles. The molecule has 6 heteroatoms. The van der Waals surface area contributed by atoms with Crippen LogP contribution >= 0.6 is 23.2 Å². The first-order valence-electron chi connectivity index (χ1n) is 6.73. The number of carbonyl (C=O) groups excluding carboxylic acids is 1. The fourth-order valence-corrected chi connectivity index (χ4v) is 2.58. The Hall–Kier alpha value is -2.43. The predicted molar refractivity (Wildman–Crippen MR) is 94.3 cm³/mol. The predicted octanol–water partition coefficient (Wildman–Crippen LogP) is 4.31. The molecule has 23 heavy (non-hydrogen) atoms. The van der Waals surface area contributed by atoms with Crippen LogP contribution in [0.1, 0.15) is 5.56 Å². The van der Waals surface area contributed by atoms with E-state index < -0.39 is 5.24 Å². The van der Waals surface area contributed by atoms with Crippen molar-refractivity contribution in [3.8, 4) is 11.1 Å². The van der Waals surface area contributed by atoms with Crippen molar-refractivity contribution in [2.45, 2.75) is 0 Å². The topological polar surface area (TPSA) is 68.9 Å². The average Bonchev–Trinajstić information content (AvgIpc) is 2.52. The van der Waals surface area contributed by atoms with Crippen molar-refractivity contribution in [2.24, 2.45) is 0 Å². The standard InChI is InChI=1S/C17H11Cl2N3O/c18-14(23)7-6-10-4-5-12-9-21-17(19)22-16(12)15(10)11-2-1-3-13(20)8-11/h1-9H,20H2/b7-6+. The molecule has 2 N–H and O–H groups in total. The second kappa shape index (κ2) is 6.36. The maximum absolute atomic E-state index is 11.0. The molecule has 0 spiro atoms. The van der Waals surface area contributed by atoms with Gasteiger partial charge in [-0.25, -0.2) is 9.97 Å². The molecule has 3 rings (SSSR count). The lowest BCUT2D eigenvalue weighted by Crippen LogP contribution is -1.93. The Morgan fingerprint density at radius 2 is 2.04 bits per heavy atom. The fraction of sp³-hybridized carbons (Fsp3) is 0. The molecule has 0 saturated heterocycles. The summed E-state index contributed by atoms with van der Waals surface area (Å²) in [4.78, 5) is 19.4. The molecule has 1 aromatic heterocycles. The first-order chi connectivity index (χ1) is 11.0. The van der Waals surface area contributed by atoms with Gasteiger partial charge in [0, 0.05) is 22.8 Å². The van der Waals surface area contributed by atoms with Crippen LogP contribution in [0.2, 0.25) is 5.28 Å². The molecule has 0 amide bonds. The van der Waals surface area contributed by atoms with Gasteiger partial charge >= 0.3 is 0 Å². The molecule has 114 valence electrons. The normalized spacial score (nSPS) is 11.2. The molecule has 0 unspecified atom stereocenters. The average molecular weight is 344 g/mol. The summed E-state index contributed by atoms with van der Waals surface area (Å²) in [5, 5.41) is 0.433. The first kappa shape index (κ1) is 15.5. The van der Waals surface area contributed by atoms with Gasteiger partial charge in [-0.2, -0.15) is 0 Å². The molecule has 0 saturated carbocycles. The maximum atomic E-state index is 11.0. The summed E-state index contributed by atoms with van der Waals surface area (Å²) in [6, 6.07) is 11.1. The van der Waals surface area contributed by atoms with Gasteiger partial charge in [0.15, 0.2) is 0 Å². The summed E-state index contributed by atoms with van der Waals surface area (Å²) in [5.74, 6) is 0. The number of anilines is 1. The molecular formula is C17H11Cl2N3O. The summed E-state index contributed by atoms with van der Waals surface area (Å²) in [5.41, 5.74) is 9.66. The number of carbonyl (C=O) groups is 1. The van der Waals surface area contributed by atoms with E-state index in [1.165, 1.54) is 6.08 Å². The van der Waals surface area contributed by atoms with E-state index in [9.17, 15) is 4.79 Å². The summed E-state index contributed by atoms with van der Waals surface area (Å²) in [6.07, 6.45) is 4.59. The van der Waals surface area contributed by atoms with Crippen LogP contribution in [0.3, 0.4) is 0 Å². The van der Waals surface area contributed by atoms with Gasteiger partial charge in [0.25, 0.3) is 0 Å². The molecule has 0 aliphatic rings. The van der Waals surface area contributed by atoms with Crippen LogP contribution in [-0.2, 0) is 4.79 Å². The highest BCUT2D eigenvalue weighted by Gasteiger charge is 2.11. The number of allylic oxidation sites excluding steroid dienone is 1. The zero-order valence-electron chi connectivity index (χ0n) is 11.8. The van der Waals surface area contributed by atoms with Gasteiger partial charge in [-0.05, 0) is 58.6 Å². The summed E-state index contributed by atoms with van der Waals surface area (Å²) in [6.45, 7) is 0. The Morgan fingerprint density at radius 3 is 2.78 bits per heavy atom. The summed E-state index contributed by atoms with van der Waals surface area (Å²) < 4.78 is 0. The minimum absolute atomic E-state index is 0.150. The van der Waals surface area contributed by atoms with Crippen molar-refractivity contribution in [1.29, 1.82) is 0 Å². The van der Waals surface area contributed by atoms with Crippen molar-refractivity contribution in [1.82, 2.24) is 9.97 Å². The van der Waals surface area contributed by atoms with Gasteiger partial charge in [0.2, 0.25) is 10.5 Å². The van der Waals surface area contributed by atoms with Crippen molar-refractivity contribution in [3.05, 3.63) is 59.5 Å². The quantitative estimate of drug-likeness (QED) is 0.333. The number of aromatic nitrogens is 2. The minimum atomic E-state index is -0.552. The Labute approximate surface area is 142 Å². The van der Waals surface area contributed by atoms with Gasteiger partial charge in [-0.1, -0.05) is 24.3 Å². The molecule has 0 radical (unpaired) electrons. The second-order valence-electron chi connectivity index (χ2n) is 4.87. The van der Waals surface area contributed by atoms with Crippen LogP contribution in [0.25, 0.3) is 28.1 Å². The Morgan fingerprint density at radius 1 is 1.22 bits per heavy atom. The molecule has 0 fully saturated rings. The van der Waals surface area contributed by atoms with Crippen molar-refractivity contribution in [2.75, 3.05) is 5.73 Å². The highest BCUT2D eigenvalue weighted by molar-refractivity contribution is 6.66. The number of nitrogen functional groups attached to an aromatic ring is 1. The van der Waals surface area contributed by atoms with E-state index in [1.807, 2.05) is 30.3 Å². The molecule has 0 bridgehead atoms.